The van der Waals surface area contributed by atoms with Crippen LogP contribution in [-0.4, -0.2) is 5.11 Å². The van der Waals surface area contributed by atoms with Gasteiger partial charge in [-0.1, -0.05) is 0 Å². The van der Waals surface area contributed by atoms with E-state index in [-0.39, 0.29) is 11.8 Å². The van der Waals surface area contributed by atoms with Crippen LogP contribution in [0.4, 0.5) is 0 Å². The molecular formula is C10H13NOS. The van der Waals surface area contributed by atoms with Gasteiger partial charge < -0.3 is 10.8 Å². The van der Waals surface area contributed by atoms with Gasteiger partial charge in [0.25, 0.3) is 0 Å². The number of aromatic hydroxyl groups is 1. The van der Waals surface area contributed by atoms with Crippen molar-refractivity contribution < 1.29 is 5.11 Å². The number of phenols is 1. The van der Waals surface area contributed by atoms with E-state index in [2.05, 4.69) is 12.6 Å². The first-order chi connectivity index (χ1) is 6.18. The highest BCUT2D eigenvalue weighted by Gasteiger charge is 2.30. The first-order valence-electron chi connectivity index (χ1n) is 4.46. The van der Waals surface area contributed by atoms with Crippen LogP contribution in [0.3, 0.4) is 0 Å². The van der Waals surface area contributed by atoms with Gasteiger partial charge in [0, 0.05) is 16.5 Å². The van der Waals surface area contributed by atoms with E-state index in [1.807, 2.05) is 6.07 Å². The van der Waals surface area contributed by atoms with Gasteiger partial charge in [0.05, 0.1) is 0 Å². The van der Waals surface area contributed by atoms with E-state index < -0.39 is 0 Å². The summed E-state index contributed by atoms with van der Waals surface area (Å²) < 4.78 is 0. The van der Waals surface area contributed by atoms with Gasteiger partial charge in [0.2, 0.25) is 0 Å². The van der Waals surface area contributed by atoms with Crippen LogP contribution < -0.4 is 5.73 Å². The second-order valence-corrected chi connectivity index (χ2v) is 4.12. The maximum absolute atomic E-state index is 9.57. The number of benzene rings is 1. The predicted molar refractivity (Wildman–Crippen MR) is 55.0 cm³/mol. The van der Waals surface area contributed by atoms with Gasteiger partial charge in [-0.25, -0.2) is 0 Å². The van der Waals surface area contributed by atoms with Crippen molar-refractivity contribution in [1.29, 1.82) is 0 Å². The molecule has 2 nitrogen and oxygen atoms in total. The summed E-state index contributed by atoms with van der Waals surface area (Å²) in [5.74, 6) is 0.846. The van der Waals surface area contributed by atoms with Crippen LogP contribution in [0.2, 0.25) is 0 Å². The molecule has 1 aromatic carbocycles. The molecule has 0 aliphatic heterocycles. The lowest BCUT2D eigenvalue weighted by Gasteiger charge is -2.12. The van der Waals surface area contributed by atoms with Crippen molar-refractivity contribution in [1.82, 2.24) is 0 Å². The lowest BCUT2D eigenvalue weighted by Crippen LogP contribution is -2.12. The summed E-state index contributed by atoms with van der Waals surface area (Å²) in [4.78, 5) is 0.851. The minimum absolute atomic E-state index is 0.0212. The van der Waals surface area contributed by atoms with Crippen LogP contribution in [0.15, 0.2) is 23.1 Å². The minimum atomic E-state index is -0.0212. The zero-order valence-electron chi connectivity index (χ0n) is 7.27. The lowest BCUT2D eigenvalue weighted by atomic mass is 10.0. The smallest absolute Gasteiger partial charge is 0.120 e. The second kappa shape index (κ2) is 3.24. The SMILES string of the molecule is N[C@H](c1cc(S)ccc1O)C1CC1. The minimum Gasteiger partial charge on any atom is -0.508 e. The average molecular weight is 195 g/mol. The van der Waals surface area contributed by atoms with Gasteiger partial charge in [0.15, 0.2) is 0 Å². The third-order valence-electron chi connectivity index (χ3n) is 2.50. The molecule has 1 fully saturated rings. The molecule has 1 atom stereocenters. The molecule has 1 saturated carbocycles. The van der Waals surface area contributed by atoms with E-state index >= 15 is 0 Å². The van der Waals surface area contributed by atoms with Crippen LogP contribution in [0, 0.1) is 5.92 Å². The van der Waals surface area contributed by atoms with Crippen molar-refractivity contribution in [3.05, 3.63) is 23.8 Å². The molecule has 0 radical (unpaired) electrons. The third kappa shape index (κ3) is 1.81. The van der Waals surface area contributed by atoms with Crippen molar-refractivity contribution in [2.45, 2.75) is 23.8 Å². The van der Waals surface area contributed by atoms with Gasteiger partial charge in [-0.3, -0.25) is 0 Å². The zero-order chi connectivity index (χ0) is 9.42. The normalized spacial score (nSPS) is 18.6. The van der Waals surface area contributed by atoms with E-state index in [1.54, 1.807) is 12.1 Å². The topological polar surface area (TPSA) is 46.2 Å². The molecule has 3 N–H and O–H groups in total. The fourth-order valence-electron chi connectivity index (χ4n) is 1.52. The van der Waals surface area contributed by atoms with Gasteiger partial charge in [-0.05, 0) is 37.0 Å². The summed E-state index contributed by atoms with van der Waals surface area (Å²) in [6.07, 6.45) is 2.36. The van der Waals surface area contributed by atoms with Crippen LogP contribution in [0.5, 0.6) is 5.75 Å². The number of rotatable bonds is 2. The van der Waals surface area contributed by atoms with Crippen LogP contribution in [0.1, 0.15) is 24.4 Å². The number of thiol groups is 1. The number of phenolic OH excluding ortho intramolecular Hbond substituents is 1. The zero-order valence-corrected chi connectivity index (χ0v) is 8.17. The molecule has 0 aromatic heterocycles. The standard InChI is InChI=1S/C10H13NOS/c11-10(6-1-2-6)8-5-7(13)3-4-9(8)12/h3-6,10,12-13H,1-2,11H2/t10-/m0/s1. The molecule has 0 saturated heterocycles. The Balaban J connectivity index is 2.31. The first kappa shape index (κ1) is 8.91. The number of hydrogen-bond donors (Lipinski definition) is 3. The quantitative estimate of drug-likeness (QED) is 0.633. The summed E-state index contributed by atoms with van der Waals surface area (Å²) in [5.41, 5.74) is 6.80. The molecule has 0 heterocycles. The molecule has 0 unspecified atom stereocenters. The lowest BCUT2D eigenvalue weighted by molar-refractivity contribution is 0.455. The summed E-state index contributed by atoms with van der Waals surface area (Å²) in [7, 11) is 0. The number of hydrogen-bond acceptors (Lipinski definition) is 3. The van der Waals surface area contributed by atoms with Crippen molar-refractivity contribution in [2.24, 2.45) is 11.7 Å². The Kier molecular flexibility index (Phi) is 2.22. The average Bonchev–Trinajstić information content (AvgIpc) is 2.91. The van der Waals surface area contributed by atoms with Gasteiger partial charge in [0.1, 0.15) is 5.75 Å². The molecule has 0 bridgehead atoms. The van der Waals surface area contributed by atoms with Crippen molar-refractivity contribution in [2.75, 3.05) is 0 Å². The maximum Gasteiger partial charge on any atom is 0.120 e. The Morgan fingerprint density at radius 1 is 1.46 bits per heavy atom. The Morgan fingerprint density at radius 2 is 2.15 bits per heavy atom. The molecule has 70 valence electrons. The van der Waals surface area contributed by atoms with Gasteiger partial charge in [-0.2, -0.15) is 0 Å². The highest BCUT2D eigenvalue weighted by molar-refractivity contribution is 7.80. The van der Waals surface area contributed by atoms with Crippen molar-refractivity contribution in [3.63, 3.8) is 0 Å². The first-order valence-corrected chi connectivity index (χ1v) is 4.90. The third-order valence-corrected chi connectivity index (χ3v) is 2.78. The second-order valence-electron chi connectivity index (χ2n) is 3.61. The molecule has 0 amide bonds. The van der Waals surface area contributed by atoms with Crippen LogP contribution in [-0.2, 0) is 0 Å². The Labute approximate surface area is 83.2 Å². The summed E-state index contributed by atoms with van der Waals surface area (Å²) in [5, 5.41) is 9.57. The van der Waals surface area contributed by atoms with E-state index in [0.717, 1.165) is 10.5 Å². The monoisotopic (exact) mass is 195 g/mol. The Morgan fingerprint density at radius 3 is 2.77 bits per heavy atom. The van der Waals surface area contributed by atoms with Crippen LogP contribution in [0.25, 0.3) is 0 Å². The van der Waals surface area contributed by atoms with Gasteiger partial charge in [-0.15, -0.1) is 12.6 Å². The van der Waals surface area contributed by atoms with Crippen molar-refractivity contribution >= 4 is 12.6 Å². The summed E-state index contributed by atoms with van der Waals surface area (Å²) in [6.45, 7) is 0. The maximum atomic E-state index is 9.57. The van der Waals surface area contributed by atoms with Crippen molar-refractivity contribution in [3.8, 4) is 5.75 Å². The van der Waals surface area contributed by atoms with E-state index in [9.17, 15) is 5.11 Å². The number of nitrogens with two attached hydrogens (primary N) is 1. The summed E-state index contributed by atoms with van der Waals surface area (Å²) >= 11 is 4.22. The largest absolute Gasteiger partial charge is 0.508 e. The molecule has 1 aliphatic rings. The highest BCUT2D eigenvalue weighted by Crippen LogP contribution is 2.42. The molecule has 2 rings (SSSR count). The molecule has 1 aromatic rings. The van der Waals surface area contributed by atoms with E-state index in [0.29, 0.717) is 5.92 Å². The Hall–Kier alpha value is -0.670. The molecule has 3 heteroatoms. The fourth-order valence-corrected chi connectivity index (χ4v) is 1.73. The molecule has 1 aliphatic carbocycles. The molecule has 13 heavy (non-hydrogen) atoms. The Bertz CT molecular complexity index is 323. The molecular weight excluding hydrogens is 182 g/mol. The predicted octanol–water partition coefficient (Wildman–Crippen LogP) is 2.09. The van der Waals surface area contributed by atoms with E-state index in [4.69, 9.17) is 5.73 Å². The molecule has 0 spiro atoms. The van der Waals surface area contributed by atoms with Crippen LogP contribution >= 0.6 is 12.6 Å². The van der Waals surface area contributed by atoms with E-state index in [1.165, 1.54) is 12.8 Å². The highest BCUT2D eigenvalue weighted by atomic mass is 32.1. The fraction of sp³-hybridized carbons (Fsp3) is 0.400. The summed E-state index contributed by atoms with van der Waals surface area (Å²) in [6, 6.07) is 5.25. The van der Waals surface area contributed by atoms with Gasteiger partial charge >= 0.3 is 0 Å².